The van der Waals surface area contributed by atoms with Crippen LogP contribution >= 0.6 is 0 Å². The first-order valence-corrected chi connectivity index (χ1v) is 8.93. The van der Waals surface area contributed by atoms with E-state index in [0.29, 0.717) is 11.4 Å². The molecule has 0 spiro atoms. The van der Waals surface area contributed by atoms with Gasteiger partial charge in [-0.3, -0.25) is 0 Å². The van der Waals surface area contributed by atoms with Gasteiger partial charge in [-0.05, 0) is 25.5 Å². The minimum atomic E-state index is 0.692. The standard InChI is InChI=1S/C21H21N3O2/c1-2-25-14-8-13-22-21-19-18(16-11-6-7-12-17(16)26-19)23-20(24-21)15-9-4-3-5-10-15/h3-7,9-12H,2,8,13-14H2,1H3,(H,22,23,24). The molecule has 0 aliphatic carbocycles. The molecule has 0 saturated heterocycles. The number of nitrogens with one attached hydrogen (secondary N) is 1. The smallest absolute Gasteiger partial charge is 0.196 e. The van der Waals surface area contributed by atoms with Gasteiger partial charge in [0.1, 0.15) is 11.1 Å². The van der Waals surface area contributed by atoms with Crippen LogP contribution in [0.4, 0.5) is 5.82 Å². The van der Waals surface area contributed by atoms with E-state index in [1.165, 1.54) is 0 Å². The first kappa shape index (κ1) is 16.5. The Morgan fingerprint density at radius 1 is 1.00 bits per heavy atom. The maximum atomic E-state index is 6.03. The molecular formula is C21H21N3O2. The number of fused-ring (bicyclic) bond motifs is 3. The van der Waals surface area contributed by atoms with E-state index < -0.39 is 0 Å². The monoisotopic (exact) mass is 347 g/mol. The van der Waals surface area contributed by atoms with Crippen molar-refractivity contribution in [2.45, 2.75) is 13.3 Å². The number of rotatable bonds is 7. The third-order valence-electron chi connectivity index (χ3n) is 4.21. The van der Waals surface area contributed by atoms with Crippen LogP contribution in [-0.4, -0.2) is 29.7 Å². The van der Waals surface area contributed by atoms with Crippen LogP contribution in [0.25, 0.3) is 33.5 Å². The average molecular weight is 347 g/mol. The minimum absolute atomic E-state index is 0.692. The molecule has 4 rings (SSSR count). The van der Waals surface area contributed by atoms with Crippen molar-refractivity contribution in [2.24, 2.45) is 0 Å². The number of hydrogen-bond donors (Lipinski definition) is 1. The van der Waals surface area contributed by atoms with E-state index in [1.807, 2.05) is 61.5 Å². The fraction of sp³-hybridized carbons (Fsp3) is 0.238. The van der Waals surface area contributed by atoms with E-state index in [1.54, 1.807) is 0 Å². The van der Waals surface area contributed by atoms with E-state index >= 15 is 0 Å². The summed E-state index contributed by atoms with van der Waals surface area (Å²) in [5.41, 5.74) is 3.33. The molecule has 0 unspecified atom stereocenters. The van der Waals surface area contributed by atoms with Gasteiger partial charge < -0.3 is 14.5 Å². The van der Waals surface area contributed by atoms with Crippen molar-refractivity contribution in [1.82, 2.24) is 9.97 Å². The Morgan fingerprint density at radius 3 is 2.65 bits per heavy atom. The molecule has 0 aliphatic rings. The molecule has 0 bridgehead atoms. The van der Waals surface area contributed by atoms with Gasteiger partial charge in [0.05, 0.1) is 0 Å². The Kier molecular flexibility index (Phi) is 4.80. The minimum Gasteiger partial charge on any atom is -0.450 e. The maximum absolute atomic E-state index is 6.03. The van der Waals surface area contributed by atoms with Crippen LogP contribution < -0.4 is 5.32 Å². The highest BCUT2D eigenvalue weighted by molar-refractivity contribution is 6.06. The van der Waals surface area contributed by atoms with Crippen LogP contribution in [0.15, 0.2) is 59.0 Å². The molecule has 2 aromatic carbocycles. The number of anilines is 1. The van der Waals surface area contributed by atoms with Crippen LogP contribution in [0, 0.1) is 0 Å². The Labute approximate surface area is 152 Å². The van der Waals surface area contributed by atoms with Crippen molar-refractivity contribution in [3.63, 3.8) is 0 Å². The lowest BCUT2D eigenvalue weighted by atomic mass is 10.2. The third-order valence-corrected chi connectivity index (χ3v) is 4.21. The van der Waals surface area contributed by atoms with E-state index in [9.17, 15) is 0 Å². The normalized spacial score (nSPS) is 11.3. The van der Waals surface area contributed by atoms with E-state index in [-0.39, 0.29) is 0 Å². The van der Waals surface area contributed by atoms with Gasteiger partial charge in [0.2, 0.25) is 0 Å². The Hall–Kier alpha value is -2.92. The molecule has 0 atom stereocenters. The molecule has 132 valence electrons. The van der Waals surface area contributed by atoms with Crippen LogP contribution in [0.5, 0.6) is 0 Å². The molecule has 2 aromatic heterocycles. The lowest BCUT2D eigenvalue weighted by Gasteiger charge is -2.08. The van der Waals surface area contributed by atoms with Gasteiger partial charge >= 0.3 is 0 Å². The third kappa shape index (κ3) is 3.26. The molecule has 0 radical (unpaired) electrons. The summed E-state index contributed by atoms with van der Waals surface area (Å²) in [6.45, 7) is 4.22. The molecule has 0 fully saturated rings. The van der Waals surface area contributed by atoms with Crippen LogP contribution in [0.3, 0.4) is 0 Å². The maximum Gasteiger partial charge on any atom is 0.196 e. The second-order valence-electron chi connectivity index (χ2n) is 6.02. The number of aromatic nitrogens is 2. The zero-order valence-corrected chi connectivity index (χ0v) is 14.7. The Morgan fingerprint density at radius 2 is 1.81 bits per heavy atom. The number of hydrogen-bond acceptors (Lipinski definition) is 5. The van der Waals surface area contributed by atoms with Crippen molar-refractivity contribution in [3.8, 4) is 11.4 Å². The van der Waals surface area contributed by atoms with Crippen molar-refractivity contribution in [1.29, 1.82) is 0 Å². The summed E-state index contributed by atoms with van der Waals surface area (Å²) in [7, 11) is 0. The highest BCUT2D eigenvalue weighted by Crippen LogP contribution is 2.33. The van der Waals surface area contributed by atoms with E-state index in [0.717, 1.165) is 54.0 Å². The molecule has 5 heteroatoms. The predicted molar refractivity (Wildman–Crippen MR) is 104 cm³/mol. The summed E-state index contributed by atoms with van der Waals surface area (Å²) in [5, 5.41) is 4.39. The first-order chi connectivity index (χ1) is 12.9. The highest BCUT2D eigenvalue weighted by atomic mass is 16.5. The fourth-order valence-electron chi connectivity index (χ4n) is 2.95. The van der Waals surface area contributed by atoms with E-state index in [2.05, 4.69) is 5.32 Å². The number of para-hydroxylation sites is 1. The predicted octanol–water partition coefficient (Wildman–Crippen LogP) is 4.88. The van der Waals surface area contributed by atoms with Gasteiger partial charge in [-0.25, -0.2) is 9.97 Å². The average Bonchev–Trinajstić information content (AvgIpc) is 3.07. The van der Waals surface area contributed by atoms with Crippen LogP contribution in [-0.2, 0) is 4.74 Å². The lowest BCUT2D eigenvalue weighted by Crippen LogP contribution is -2.08. The second kappa shape index (κ2) is 7.54. The topological polar surface area (TPSA) is 60.2 Å². The highest BCUT2D eigenvalue weighted by Gasteiger charge is 2.16. The molecule has 4 aromatic rings. The quantitative estimate of drug-likeness (QED) is 0.483. The zero-order chi connectivity index (χ0) is 17.8. The summed E-state index contributed by atoms with van der Waals surface area (Å²) in [5.74, 6) is 1.42. The number of ether oxygens (including phenoxy) is 1. The summed E-state index contributed by atoms with van der Waals surface area (Å²) >= 11 is 0. The van der Waals surface area contributed by atoms with Crippen molar-refractivity contribution < 1.29 is 9.15 Å². The molecular weight excluding hydrogens is 326 g/mol. The van der Waals surface area contributed by atoms with Gasteiger partial charge in [0.15, 0.2) is 17.2 Å². The van der Waals surface area contributed by atoms with Crippen LogP contribution in [0.1, 0.15) is 13.3 Å². The molecule has 1 N–H and O–H groups in total. The first-order valence-electron chi connectivity index (χ1n) is 8.93. The summed E-state index contributed by atoms with van der Waals surface area (Å²) in [6.07, 6.45) is 0.903. The second-order valence-corrected chi connectivity index (χ2v) is 6.02. The number of benzene rings is 2. The van der Waals surface area contributed by atoms with Crippen LogP contribution in [0.2, 0.25) is 0 Å². The van der Waals surface area contributed by atoms with Gasteiger partial charge in [0, 0.05) is 30.7 Å². The molecule has 0 amide bonds. The SMILES string of the molecule is CCOCCCNc1nc(-c2ccccc2)nc2c1oc1ccccc12. The van der Waals surface area contributed by atoms with Gasteiger partial charge in [-0.1, -0.05) is 42.5 Å². The Balaban J connectivity index is 1.77. The van der Waals surface area contributed by atoms with E-state index in [4.69, 9.17) is 19.1 Å². The zero-order valence-electron chi connectivity index (χ0n) is 14.7. The number of furan rings is 1. The number of nitrogens with zero attached hydrogens (tertiary/aromatic N) is 2. The molecule has 26 heavy (non-hydrogen) atoms. The van der Waals surface area contributed by atoms with Gasteiger partial charge in [0.25, 0.3) is 0 Å². The van der Waals surface area contributed by atoms with Gasteiger partial charge in [-0.15, -0.1) is 0 Å². The summed E-state index contributed by atoms with van der Waals surface area (Å²) in [4.78, 5) is 9.51. The largest absolute Gasteiger partial charge is 0.450 e. The molecule has 0 saturated carbocycles. The van der Waals surface area contributed by atoms with Gasteiger partial charge in [-0.2, -0.15) is 0 Å². The molecule has 0 aliphatic heterocycles. The lowest BCUT2D eigenvalue weighted by molar-refractivity contribution is 0.147. The summed E-state index contributed by atoms with van der Waals surface area (Å²) < 4.78 is 11.4. The van der Waals surface area contributed by atoms with Crippen molar-refractivity contribution >= 4 is 27.9 Å². The fourth-order valence-corrected chi connectivity index (χ4v) is 2.95. The van der Waals surface area contributed by atoms with Crippen molar-refractivity contribution in [3.05, 3.63) is 54.6 Å². The molecule has 2 heterocycles. The van der Waals surface area contributed by atoms with Crippen molar-refractivity contribution in [2.75, 3.05) is 25.1 Å². The summed E-state index contributed by atoms with van der Waals surface area (Å²) in [6, 6.07) is 18.0. The molecule has 5 nitrogen and oxygen atoms in total. The Bertz CT molecular complexity index is 1010.